The topological polar surface area (TPSA) is 79.6 Å². The van der Waals surface area contributed by atoms with Crippen molar-refractivity contribution in [3.63, 3.8) is 0 Å². The fourth-order valence-electron chi connectivity index (χ4n) is 2.95. The Labute approximate surface area is 166 Å². The first-order chi connectivity index (χ1) is 12.9. The van der Waals surface area contributed by atoms with Crippen molar-refractivity contribution < 1.29 is 17.7 Å². The second kappa shape index (κ2) is 6.92. The summed E-state index contributed by atoms with van der Waals surface area (Å²) >= 11 is 0. The number of nitriles is 1. The van der Waals surface area contributed by atoms with Crippen LogP contribution in [-0.2, 0) is 19.3 Å². The second-order valence-electron chi connectivity index (χ2n) is 7.87. The highest BCUT2D eigenvalue weighted by atomic mass is 32.2. The molecule has 0 radical (unpaired) electrons. The predicted molar refractivity (Wildman–Crippen MR) is 110 cm³/mol. The van der Waals surface area contributed by atoms with E-state index in [-0.39, 0.29) is 0 Å². The van der Waals surface area contributed by atoms with Gasteiger partial charge in [0.15, 0.2) is 0 Å². The molecule has 0 saturated carbocycles. The van der Waals surface area contributed by atoms with Crippen LogP contribution in [0.5, 0.6) is 0 Å². The number of rotatable bonds is 4. The van der Waals surface area contributed by atoms with Crippen LogP contribution >= 0.6 is 0 Å². The Morgan fingerprint density at radius 3 is 1.71 bits per heavy atom. The Hall–Kier alpha value is -2.34. The summed E-state index contributed by atoms with van der Waals surface area (Å²) in [6.45, 7) is 7.94. The average molecular weight is 398 g/mol. The number of anilines is 2. The molecule has 2 aromatic carbocycles. The van der Waals surface area contributed by atoms with Gasteiger partial charge in [0.2, 0.25) is 10.0 Å². The van der Waals surface area contributed by atoms with Gasteiger partial charge in [0.1, 0.15) is 0 Å². The second-order valence-corrected chi connectivity index (χ2v) is 9.70. The first-order valence-corrected chi connectivity index (χ1v) is 10.8. The molecule has 1 heterocycles. The molecule has 0 unspecified atom stereocenters. The zero-order valence-electron chi connectivity index (χ0n) is 16.6. The molecule has 146 valence electrons. The zero-order chi connectivity index (χ0) is 20.7. The molecule has 0 N–H and O–H groups in total. The lowest BCUT2D eigenvalue weighted by atomic mass is 9.79. The summed E-state index contributed by atoms with van der Waals surface area (Å²) in [4.78, 5) is 0. The van der Waals surface area contributed by atoms with E-state index in [9.17, 15) is 8.42 Å². The van der Waals surface area contributed by atoms with Gasteiger partial charge in [-0.2, -0.15) is 5.26 Å². The van der Waals surface area contributed by atoms with Crippen molar-refractivity contribution >= 4 is 34.0 Å². The predicted octanol–water partition coefficient (Wildman–Crippen LogP) is 2.96. The lowest BCUT2D eigenvalue weighted by molar-refractivity contribution is 0.00578. The molecular formula is C20H23BN2O4S. The van der Waals surface area contributed by atoms with Gasteiger partial charge in [0.25, 0.3) is 0 Å². The van der Waals surface area contributed by atoms with Crippen LogP contribution < -0.4 is 9.77 Å². The Balaban J connectivity index is 1.92. The zero-order valence-corrected chi connectivity index (χ0v) is 17.4. The SMILES string of the molecule is CC1(C)OB(c2ccc(N(c3ccc(C#N)cc3)S(C)(=O)=O)cc2)OC1(C)C. The minimum Gasteiger partial charge on any atom is -0.399 e. The third kappa shape index (κ3) is 3.79. The van der Waals surface area contributed by atoms with Crippen molar-refractivity contribution in [1.29, 1.82) is 5.26 Å². The van der Waals surface area contributed by atoms with Gasteiger partial charge in [-0.3, -0.25) is 0 Å². The van der Waals surface area contributed by atoms with E-state index in [0.717, 1.165) is 11.7 Å². The quantitative estimate of drug-likeness (QED) is 0.740. The summed E-state index contributed by atoms with van der Waals surface area (Å²) in [5.74, 6) is 0. The molecule has 1 saturated heterocycles. The van der Waals surface area contributed by atoms with Gasteiger partial charge in [-0.1, -0.05) is 12.1 Å². The molecule has 8 heteroatoms. The Kier molecular flexibility index (Phi) is 5.04. The van der Waals surface area contributed by atoms with Gasteiger partial charge in [-0.15, -0.1) is 0 Å². The van der Waals surface area contributed by atoms with Crippen molar-refractivity contribution in [2.45, 2.75) is 38.9 Å². The Morgan fingerprint density at radius 1 is 0.893 bits per heavy atom. The highest BCUT2D eigenvalue weighted by Gasteiger charge is 2.51. The minimum atomic E-state index is -3.57. The first-order valence-electron chi connectivity index (χ1n) is 8.91. The lowest BCUT2D eigenvalue weighted by Crippen LogP contribution is -2.41. The van der Waals surface area contributed by atoms with Crippen LogP contribution in [-0.4, -0.2) is 33.0 Å². The van der Waals surface area contributed by atoms with Crippen LogP contribution in [0, 0.1) is 11.3 Å². The summed E-state index contributed by atoms with van der Waals surface area (Å²) in [6.07, 6.45) is 1.15. The summed E-state index contributed by atoms with van der Waals surface area (Å²) in [6, 6.07) is 15.5. The third-order valence-electron chi connectivity index (χ3n) is 5.22. The van der Waals surface area contributed by atoms with Crippen LogP contribution in [0.1, 0.15) is 33.3 Å². The van der Waals surface area contributed by atoms with E-state index in [4.69, 9.17) is 14.6 Å². The molecule has 6 nitrogen and oxygen atoms in total. The Bertz CT molecular complexity index is 994. The average Bonchev–Trinajstić information content (AvgIpc) is 2.83. The van der Waals surface area contributed by atoms with Crippen LogP contribution in [0.15, 0.2) is 48.5 Å². The van der Waals surface area contributed by atoms with Gasteiger partial charge in [0.05, 0.1) is 40.5 Å². The van der Waals surface area contributed by atoms with E-state index >= 15 is 0 Å². The number of nitrogens with zero attached hydrogens (tertiary/aromatic N) is 2. The van der Waals surface area contributed by atoms with Gasteiger partial charge < -0.3 is 9.31 Å². The van der Waals surface area contributed by atoms with Crippen LogP contribution in [0.25, 0.3) is 0 Å². The summed E-state index contributed by atoms with van der Waals surface area (Å²) < 4.78 is 38.1. The number of benzene rings is 2. The van der Waals surface area contributed by atoms with Crippen LogP contribution in [0.2, 0.25) is 0 Å². The minimum absolute atomic E-state index is 0.447. The maximum atomic E-state index is 12.4. The molecule has 28 heavy (non-hydrogen) atoms. The van der Waals surface area contributed by atoms with Crippen molar-refractivity contribution in [1.82, 2.24) is 0 Å². The van der Waals surface area contributed by atoms with E-state index in [1.54, 1.807) is 48.5 Å². The van der Waals surface area contributed by atoms with Gasteiger partial charge in [-0.25, -0.2) is 12.7 Å². The summed E-state index contributed by atoms with van der Waals surface area (Å²) in [7, 11) is -4.08. The monoisotopic (exact) mass is 398 g/mol. The molecule has 0 amide bonds. The molecule has 1 aliphatic heterocycles. The normalized spacial score (nSPS) is 17.9. The Morgan fingerprint density at radius 2 is 1.32 bits per heavy atom. The molecule has 0 aromatic heterocycles. The molecule has 0 aliphatic carbocycles. The fraction of sp³-hybridized carbons (Fsp3) is 0.350. The van der Waals surface area contributed by atoms with Crippen molar-refractivity contribution in [2.75, 3.05) is 10.6 Å². The first kappa shape index (κ1) is 20.4. The molecule has 1 fully saturated rings. The van der Waals surface area contributed by atoms with E-state index < -0.39 is 28.3 Å². The molecule has 3 rings (SSSR count). The molecular weight excluding hydrogens is 375 g/mol. The smallest absolute Gasteiger partial charge is 0.399 e. The molecule has 2 aromatic rings. The maximum absolute atomic E-state index is 12.4. The summed E-state index contributed by atoms with van der Waals surface area (Å²) in [5.41, 5.74) is 1.34. The largest absolute Gasteiger partial charge is 0.494 e. The maximum Gasteiger partial charge on any atom is 0.494 e. The highest BCUT2D eigenvalue weighted by Crippen LogP contribution is 2.36. The van der Waals surface area contributed by atoms with Gasteiger partial charge in [-0.05, 0) is 69.6 Å². The van der Waals surface area contributed by atoms with Gasteiger partial charge in [0, 0.05) is 0 Å². The summed E-state index contributed by atoms with van der Waals surface area (Å²) in [5, 5.41) is 8.95. The number of hydrogen-bond donors (Lipinski definition) is 0. The van der Waals surface area contributed by atoms with E-state index in [0.29, 0.717) is 16.9 Å². The molecule has 0 atom stereocenters. The standard InChI is InChI=1S/C20H23BN2O4S/c1-19(2)20(3,4)27-21(26-19)16-8-12-18(13-9-16)23(28(5,24)25)17-10-6-15(14-22)7-11-17/h6-13H,1-5H3. The lowest BCUT2D eigenvalue weighted by Gasteiger charge is -2.32. The highest BCUT2D eigenvalue weighted by molar-refractivity contribution is 7.92. The van der Waals surface area contributed by atoms with E-state index in [1.807, 2.05) is 33.8 Å². The van der Waals surface area contributed by atoms with Crippen LogP contribution in [0.3, 0.4) is 0 Å². The fourth-order valence-corrected chi connectivity index (χ4v) is 3.96. The number of sulfonamides is 1. The van der Waals surface area contributed by atoms with Crippen molar-refractivity contribution in [3.05, 3.63) is 54.1 Å². The van der Waals surface area contributed by atoms with Crippen molar-refractivity contribution in [2.24, 2.45) is 0 Å². The van der Waals surface area contributed by atoms with E-state index in [2.05, 4.69) is 0 Å². The van der Waals surface area contributed by atoms with Crippen LogP contribution in [0.4, 0.5) is 11.4 Å². The third-order valence-corrected chi connectivity index (χ3v) is 6.30. The van der Waals surface area contributed by atoms with E-state index in [1.165, 1.54) is 4.31 Å². The van der Waals surface area contributed by atoms with Crippen molar-refractivity contribution in [3.8, 4) is 6.07 Å². The molecule has 0 bridgehead atoms. The van der Waals surface area contributed by atoms with Gasteiger partial charge >= 0.3 is 7.12 Å². The molecule has 1 aliphatic rings. The number of hydrogen-bond acceptors (Lipinski definition) is 5. The molecule has 0 spiro atoms.